The van der Waals surface area contributed by atoms with Crippen LogP contribution in [0.1, 0.15) is 15.9 Å². The Bertz CT molecular complexity index is 689. The smallest absolute Gasteiger partial charge is 0.256 e. The number of rotatable bonds is 2. The third-order valence-electron chi connectivity index (χ3n) is 2.69. The fourth-order valence-electron chi connectivity index (χ4n) is 1.69. The van der Waals surface area contributed by atoms with E-state index in [0.717, 1.165) is 22.2 Å². The van der Waals surface area contributed by atoms with Crippen LogP contribution in [0.15, 0.2) is 39.3 Å². The van der Waals surface area contributed by atoms with Crippen LogP contribution in [0.3, 0.4) is 0 Å². The van der Waals surface area contributed by atoms with Crippen molar-refractivity contribution in [3.63, 3.8) is 0 Å². The predicted molar refractivity (Wildman–Crippen MR) is 80.9 cm³/mol. The second-order valence-corrected chi connectivity index (χ2v) is 5.93. The zero-order valence-electron chi connectivity index (χ0n) is 10.3. The van der Waals surface area contributed by atoms with Gasteiger partial charge in [-0.05, 0) is 52.7 Å². The lowest BCUT2D eigenvalue weighted by atomic mass is 10.1. The van der Waals surface area contributed by atoms with E-state index in [1.807, 2.05) is 0 Å². The summed E-state index contributed by atoms with van der Waals surface area (Å²) in [5.41, 5.74) is 0.934. The lowest BCUT2D eigenvalue weighted by Gasteiger charge is -2.09. The fraction of sp³-hybridized carbons (Fsp3) is 0.0714. The maximum Gasteiger partial charge on any atom is 0.256 e. The first-order chi connectivity index (χ1) is 9.38. The highest BCUT2D eigenvalue weighted by Gasteiger charge is 2.14. The summed E-state index contributed by atoms with van der Waals surface area (Å²) in [4.78, 5) is 12.1. The number of benzene rings is 2. The molecule has 0 spiro atoms. The highest BCUT2D eigenvalue weighted by atomic mass is 79.9. The molecule has 0 aromatic heterocycles. The molecule has 0 radical (unpaired) electrons. The van der Waals surface area contributed by atoms with Crippen molar-refractivity contribution in [1.29, 1.82) is 0 Å². The van der Waals surface area contributed by atoms with Crippen LogP contribution in [0.4, 0.5) is 14.5 Å². The largest absolute Gasteiger partial charge is 0.319 e. The highest BCUT2D eigenvalue weighted by molar-refractivity contribution is 9.10. The summed E-state index contributed by atoms with van der Waals surface area (Å²) in [6.45, 7) is 1.76. The molecule has 1 N–H and O–H groups in total. The Morgan fingerprint density at radius 1 is 1.10 bits per heavy atom. The van der Waals surface area contributed by atoms with E-state index in [4.69, 9.17) is 0 Å². The van der Waals surface area contributed by atoms with Gasteiger partial charge < -0.3 is 5.32 Å². The van der Waals surface area contributed by atoms with Gasteiger partial charge in [-0.2, -0.15) is 0 Å². The van der Waals surface area contributed by atoms with Crippen molar-refractivity contribution in [2.45, 2.75) is 6.92 Å². The quantitative estimate of drug-likeness (QED) is 0.697. The topological polar surface area (TPSA) is 29.1 Å². The third-order valence-corrected chi connectivity index (χ3v) is 3.79. The Morgan fingerprint density at radius 3 is 2.45 bits per heavy atom. The van der Waals surface area contributed by atoms with Crippen LogP contribution in [-0.2, 0) is 0 Å². The number of aryl methyl sites for hydroxylation is 1. The van der Waals surface area contributed by atoms with Crippen molar-refractivity contribution in [2.75, 3.05) is 5.32 Å². The molecule has 0 fully saturated rings. The minimum absolute atomic E-state index is 0.00724. The Hall–Kier alpha value is -1.27. The average molecular weight is 405 g/mol. The number of halogens is 4. The first-order valence-electron chi connectivity index (χ1n) is 5.60. The summed E-state index contributed by atoms with van der Waals surface area (Å²) in [6, 6.07) is 7.00. The minimum Gasteiger partial charge on any atom is -0.319 e. The van der Waals surface area contributed by atoms with Crippen molar-refractivity contribution in [1.82, 2.24) is 0 Å². The van der Waals surface area contributed by atoms with Gasteiger partial charge in [0.25, 0.3) is 5.91 Å². The van der Waals surface area contributed by atoms with Gasteiger partial charge in [0.2, 0.25) is 0 Å². The van der Waals surface area contributed by atoms with Gasteiger partial charge in [-0.3, -0.25) is 4.79 Å². The molecule has 2 rings (SSSR count). The molecule has 2 aromatic rings. The summed E-state index contributed by atoms with van der Waals surface area (Å²) in [7, 11) is 0. The summed E-state index contributed by atoms with van der Waals surface area (Å²) in [6.07, 6.45) is 0. The molecule has 2 nitrogen and oxygen atoms in total. The van der Waals surface area contributed by atoms with Crippen LogP contribution in [0.5, 0.6) is 0 Å². The van der Waals surface area contributed by atoms with Gasteiger partial charge in [0.1, 0.15) is 11.6 Å². The number of anilines is 1. The Morgan fingerprint density at radius 2 is 1.80 bits per heavy atom. The van der Waals surface area contributed by atoms with Crippen molar-refractivity contribution in [3.05, 3.63) is 62.0 Å². The SMILES string of the molecule is Cc1cc(Br)ccc1C(=O)Nc1cc(F)c(Br)cc1F. The van der Waals surface area contributed by atoms with Gasteiger partial charge in [0.15, 0.2) is 0 Å². The fourth-order valence-corrected chi connectivity index (χ4v) is 2.48. The van der Waals surface area contributed by atoms with Crippen molar-refractivity contribution < 1.29 is 13.6 Å². The van der Waals surface area contributed by atoms with Crippen LogP contribution in [0.2, 0.25) is 0 Å². The van der Waals surface area contributed by atoms with Gasteiger partial charge in [0, 0.05) is 16.1 Å². The summed E-state index contributed by atoms with van der Waals surface area (Å²) in [5.74, 6) is -1.84. The van der Waals surface area contributed by atoms with E-state index in [9.17, 15) is 13.6 Å². The molecule has 0 aliphatic heterocycles. The highest BCUT2D eigenvalue weighted by Crippen LogP contribution is 2.24. The zero-order valence-corrected chi connectivity index (χ0v) is 13.5. The van der Waals surface area contributed by atoms with Crippen LogP contribution in [0, 0.1) is 18.6 Å². The predicted octanol–water partition coefficient (Wildman–Crippen LogP) is 5.05. The maximum absolute atomic E-state index is 13.7. The molecule has 0 atom stereocenters. The van der Waals surface area contributed by atoms with E-state index in [2.05, 4.69) is 37.2 Å². The second-order valence-electron chi connectivity index (χ2n) is 4.16. The van der Waals surface area contributed by atoms with E-state index < -0.39 is 17.5 Å². The number of carbonyl (C=O) groups is 1. The molecule has 0 unspecified atom stereocenters. The normalized spacial score (nSPS) is 10.4. The molecular formula is C14H9Br2F2NO. The van der Waals surface area contributed by atoms with E-state index in [1.54, 1.807) is 25.1 Å². The molecule has 2 aromatic carbocycles. The molecule has 1 amide bonds. The molecule has 0 saturated heterocycles. The molecule has 20 heavy (non-hydrogen) atoms. The minimum atomic E-state index is -0.707. The van der Waals surface area contributed by atoms with Gasteiger partial charge in [0.05, 0.1) is 10.2 Å². The summed E-state index contributed by atoms with van der Waals surface area (Å²) < 4.78 is 27.9. The van der Waals surface area contributed by atoms with E-state index in [1.165, 1.54) is 0 Å². The number of hydrogen-bond acceptors (Lipinski definition) is 1. The third kappa shape index (κ3) is 3.24. The maximum atomic E-state index is 13.7. The van der Waals surface area contributed by atoms with E-state index >= 15 is 0 Å². The van der Waals surface area contributed by atoms with Gasteiger partial charge in [-0.25, -0.2) is 8.78 Å². The molecule has 0 bridgehead atoms. The van der Waals surface area contributed by atoms with Crippen molar-refractivity contribution in [3.8, 4) is 0 Å². The number of carbonyl (C=O) groups excluding carboxylic acids is 1. The van der Waals surface area contributed by atoms with Crippen LogP contribution >= 0.6 is 31.9 Å². The summed E-state index contributed by atoms with van der Waals surface area (Å²) >= 11 is 6.17. The molecule has 0 aliphatic carbocycles. The Kier molecular flexibility index (Phi) is 4.55. The lowest BCUT2D eigenvalue weighted by Crippen LogP contribution is -2.14. The molecule has 0 heterocycles. The van der Waals surface area contributed by atoms with E-state index in [0.29, 0.717) is 5.56 Å². The van der Waals surface area contributed by atoms with E-state index in [-0.39, 0.29) is 10.2 Å². The standard InChI is InChI=1S/C14H9Br2F2NO/c1-7-4-8(15)2-3-9(7)14(20)19-13-6-11(17)10(16)5-12(13)18/h2-6H,1H3,(H,19,20). The van der Waals surface area contributed by atoms with Crippen LogP contribution < -0.4 is 5.32 Å². The molecule has 0 aliphatic rings. The van der Waals surface area contributed by atoms with Gasteiger partial charge in [-0.1, -0.05) is 15.9 Å². The Labute approximate surface area is 131 Å². The number of hydrogen-bond donors (Lipinski definition) is 1. The second kappa shape index (κ2) is 6.01. The molecule has 6 heteroatoms. The molecule has 104 valence electrons. The lowest BCUT2D eigenvalue weighted by molar-refractivity contribution is 0.102. The van der Waals surface area contributed by atoms with Gasteiger partial charge in [-0.15, -0.1) is 0 Å². The van der Waals surface area contributed by atoms with Crippen molar-refractivity contribution in [2.24, 2.45) is 0 Å². The average Bonchev–Trinajstić information content (AvgIpc) is 2.35. The monoisotopic (exact) mass is 403 g/mol. The Balaban J connectivity index is 2.30. The first kappa shape index (κ1) is 15.1. The van der Waals surface area contributed by atoms with Gasteiger partial charge >= 0.3 is 0 Å². The number of amides is 1. The number of nitrogens with one attached hydrogen (secondary N) is 1. The first-order valence-corrected chi connectivity index (χ1v) is 7.19. The molecule has 0 saturated carbocycles. The zero-order chi connectivity index (χ0) is 14.9. The van der Waals surface area contributed by atoms with Crippen molar-refractivity contribution >= 4 is 43.5 Å². The summed E-state index contributed by atoms with van der Waals surface area (Å²) in [5, 5.41) is 2.36. The van der Waals surface area contributed by atoms with Crippen LogP contribution in [0.25, 0.3) is 0 Å². The molecular weight excluding hydrogens is 396 g/mol. The van der Waals surface area contributed by atoms with Crippen LogP contribution in [-0.4, -0.2) is 5.91 Å².